The summed E-state index contributed by atoms with van der Waals surface area (Å²) in [6.07, 6.45) is 5.56. The zero-order valence-corrected chi connectivity index (χ0v) is 18.4. The van der Waals surface area contributed by atoms with Crippen LogP contribution < -0.4 is 0 Å². The van der Waals surface area contributed by atoms with Crippen molar-refractivity contribution in [3.63, 3.8) is 0 Å². The van der Waals surface area contributed by atoms with Crippen LogP contribution in [0.25, 0.3) is 22.5 Å². The fraction of sp³-hybridized carbons (Fsp3) is 0.217. The summed E-state index contributed by atoms with van der Waals surface area (Å²) in [6.45, 7) is 2.05. The molecule has 0 N–H and O–H groups in total. The van der Waals surface area contributed by atoms with Crippen LogP contribution in [0.2, 0.25) is 0 Å². The van der Waals surface area contributed by atoms with Gasteiger partial charge in [0.05, 0.1) is 0 Å². The van der Waals surface area contributed by atoms with Crippen LogP contribution in [0, 0.1) is 0 Å². The van der Waals surface area contributed by atoms with E-state index in [-0.39, 0.29) is 6.17 Å². The first-order valence-corrected chi connectivity index (χ1v) is 12.3. The molecule has 5 heterocycles. The van der Waals surface area contributed by atoms with E-state index >= 15 is 0 Å². The molecule has 1 fully saturated rings. The van der Waals surface area contributed by atoms with Gasteiger partial charge >= 0.3 is 0 Å². The van der Waals surface area contributed by atoms with Crippen molar-refractivity contribution in [2.75, 3.05) is 24.6 Å². The summed E-state index contributed by atoms with van der Waals surface area (Å²) in [5.41, 5.74) is 4.44. The van der Waals surface area contributed by atoms with Gasteiger partial charge in [0, 0.05) is 59.9 Å². The van der Waals surface area contributed by atoms with Gasteiger partial charge in [-0.1, -0.05) is 30.3 Å². The minimum absolute atomic E-state index is 0.00114. The molecule has 0 saturated carbocycles. The molecule has 0 amide bonds. The molecule has 0 unspecified atom stereocenters. The smallest absolute Gasteiger partial charge is 0.194 e. The Kier molecular flexibility index (Phi) is 4.98. The van der Waals surface area contributed by atoms with Crippen molar-refractivity contribution >= 4 is 23.5 Å². The lowest BCUT2D eigenvalue weighted by Gasteiger charge is -2.37. The average Bonchev–Trinajstić information content (AvgIpc) is 3.27. The van der Waals surface area contributed by atoms with Crippen LogP contribution in [-0.2, 0) is 0 Å². The molecule has 0 spiro atoms. The van der Waals surface area contributed by atoms with E-state index in [9.17, 15) is 0 Å². The zero-order chi connectivity index (χ0) is 20.6. The Morgan fingerprint density at radius 2 is 1.74 bits per heavy atom. The zero-order valence-electron chi connectivity index (χ0n) is 16.8. The van der Waals surface area contributed by atoms with Gasteiger partial charge in [0.1, 0.15) is 11.2 Å². The number of thioether (sulfide) groups is 1. The minimum atomic E-state index is 0.00114. The van der Waals surface area contributed by atoms with Gasteiger partial charge in [0.2, 0.25) is 0 Å². The number of pyridine rings is 2. The molecule has 1 aromatic carbocycles. The van der Waals surface area contributed by atoms with Gasteiger partial charge in [0.25, 0.3) is 0 Å². The van der Waals surface area contributed by atoms with Crippen LogP contribution >= 0.6 is 23.5 Å². The molecule has 6 rings (SSSR count). The van der Waals surface area contributed by atoms with Gasteiger partial charge in [-0.2, -0.15) is 11.8 Å². The summed E-state index contributed by atoms with van der Waals surface area (Å²) < 4.78 is 2.09. The van der Waals surface area contributed by atoms with E-state index < -0.39 is 0 Å². The van der Waals surface area contributed by atoms with Crippen LogP contribution in [0.3, 0.4) is 0 Å². The van der Waals surface area contributed by atoms with E-state index in [2.05, 4.69) is 44.9 Å². The van der Waals surface area contributed by atoms with Gasteiger partial charge in [-0.15, -0.1) is 5.10 Å². The number of hydrogen-bond donors (Lipinski definition) is 0. The molecule has 1 saturated heterocycles. The van der Waals surface area contributed by atoms with Crippen molar-refractivity contribution in [1.82, 2.24) is 29.6 Å². The molecule has 6 nitrogen and oxygen atoms in total. The first-order valence-electron chi connectivity index (χ1n) is 10.3. The summed E-state index contributed by atoms with van der Waals surface area (Å²) in [6, 6.07) is 16.7. The molecule has 0 bridgehead atoms. The third-order valence-corrected chi connectivity index (χ3v) is 7.53. The predicted octanol–water partition coefficient (Wildman–Crippen LogP) is 4.46. The van der Waals surface area contributed by atoms with Crippen LogP contribution in [0.15, 0.2) is 77.3 Å². The van der Waals surface area contributed by atoms with Crippen molar-refractivity contribution in [1.29, 1.82) is 0 Å². The first-order chi connectivity index (χ1) is 15.4. The SMILES string of the molecule is c1ccc(-c2cnc3c(c2)[C@@H](N2CCSCC2)n2nc(-c4cccnc4)nc2S3)cc1. The molecule has 0 aliphatic carbocycles. The fourth-order valence-corrected chi connectivity index (χ4v) is 5.93. The highest BCUT2D eigenvalue weighted by Crippen LogP contribution is 2.43. The third-order valence-electron chi connectivity index (χ3n) is 5.60. The van der Waals surface area contributed by atoms with E-state index in [1.165, 1.54) is 11.1 Å². The maximum atomic E-state index is 4.95. The normalized spacial score (nSPS) is 18.4. The van der Waals surface area contributed by atoms with Gasteiger partial charge in [-0.25, -0.2) is 14.6 Å². The molecule has 2 aliphatic rings. The number of nitrogens with zero attached hydrogens (tertiary/aromatic N) is 6. The first kappa shape index (κ1) is 19.0. The van der Waals surface area contributed by atoms with Gasteiger partial charge in [0.15, 0.2) is 11.0 Å². The fourth-order valence-electron chi connectivity index (χ4n) is 4.07. The molecule has 4 aromatic rings. The molecule has 3 aromatic heterocycles. The summed E-state index contributed by atoms with van der Waals surface area (Å²) in [7, 11) is 0. The second-order valence-corrected chi connectivity index (χ2v) is 9.69. The summed E-state index contributed by atoms with van der Waals surface area (Å²) >= 11 is 3.61. The number of rotatable bonds is 3. The number of hydrogen-bond acceptors (Lipinski definition) is 7. The van der Waals surface area contributed by atoms with E-state index in [1.54, 1.807) is 18.0 Å². The second-order valence-electron chi connectivity index (χ2n) is 7.51. The Hall–Kier alpha value is -2.68. The molecule has 8 heteroatoms. The second kappa shape index (κ2) is 8.11. The average molecular weight is 445 g/mol. The Bertz CT molecular complexity index is 1210. The highest BCUT2D eigenvalue weighted by atomic mass is 32.2. The maximum Gasteiger partial charge on any atom is 0.194 e. The molecular weight excluding hydrogens is 424 g/mol. The lowest BCUT2D eigenvalue weighted by Crippen LogP contribution is -2.41. The van der Waals surface area contributed by atoms with Gasteiger partial charge in [-0.05, 0) is 35.5 Å². The quantitative estimate of drug-likeness (QED) is 0.462. The Balaban J connectivity index is 1.48. The largest absolute Gasteiger partial charge is 0.276 e. The maximum absolute atomic E-state index is 4.95. The monoisotopic (exact) mass is 444 g/mol. The van der Waals surface area contributed by atoms with Gasteiger partial charge in [-0.3, -0.25) is 9.88 Å². The van der Waals surface area contributed by atoms with Crippen molar-refractivity contribution in [3.8, 4) is 22.5 Å². The standard InChI is InChI=1S/C23H20N6S2/c1-2-5-16(6-3-1)18-13-19-21(25-15-18)31-23-26-20(17-7-4-8-24-14-17)27-29(23)22(19)28-9-11-30-12-10-28/h1-8,13-15,22H,9-12H2/t22-/m0/s1. The summed E-state index contributed by atoms with van der Waals surface area (Å²) in [5, 5.41) is 6.85. The number of aromatic nitrogens is 5. The topological polar surface area (TPSA) is 59.7 Å². The minimum Gasteiger partial charge on any atom is -0.276 e. The molecule has 154 valence electrons. The highest BCUT2D eigenvalue weighted by molar-refractivity contribution is 7.99. The molecule has 1 atom stereocenters. The summed E-state index contributed by atoms with van der Waals surface area (Å²) in [4.78, 5) is 16.5. The Morgan fingerprint density at radius 1 is 0.903 bits per heavy atom. The lowest BCUT2D eigenvalue weighted by molar-refractivity contribution is 0.161. The molecule has 31 heavy (non-hydrogen) atoms. The Labute approximate surface area is 189 Å². The highest BCUT2D eigenvalue weighted by Gasteiger charge is 2.35. The molecule has 0 radical (unpaired) electrons. The molecule has 2 aliphatic heterocycles. The van der Waals surface area contributed by atoms with Gasteiger partial charge < -0.3 is 0 Å². The summed E-state index contributed by atoms with van der Waals surface area (Å²) in [5.74, 6) is 2.97. The van der Waals surface area contributed by atoms with Crippen LogP contribution in [0.5, 0.6) is 0 Å². The van der Waals surface area contributed by atoms with Crippen molar-refractivity contribution in [2.45, 2.75) is 16.3 Å². The van der Waals surface area contributed by atoms with E-state index in [4.69, 9.17) is 15.1 Å². The lowest BCUT2D eigenvalue weighted by atomic mass is 10.0. The van der Waals surface area contributed by atoms with Crippen molar-refractivity contribution < 1.29 is 0 Å². The van der Waals surface area contributed by atoms with E-state index in [1.807, 2.05) is 42.4 Å². The Morgan fingerprint density at radius 3 is 2.55 bits per heavy atom. The van der Waals surface area contributed by atoms with E-state index in [0.717, 1.165) is 45.9 Å². The van der Waals surface area contributed by atoms with Crippen LogP contribution in [0.1, 0.15) is 11.7 Å². The van der Waals surface area contributed by atoms with Crippen molar-refractivity contribution in [2.24, 2.45) is 0 Å². The predicted molar refractivity (Wildman–Crippen MR) is 124 cm³/mol. The molecular formula is C23H20N6S2. The van der Waals surface area contributed by atoms with Crippen LogP contribution in [0.4, 0.5) is 0 Å². The van der Waals surface area contributed by atoms with Crippen molar-refractivity contribution in [3.05, 3.63) is 72.7 Å². The number of benzene rings is 1. The third kappa shape index (κ3) is 3.54. The van der Waals surface area contributed by atoms with Crippen LogP contribution in [-0.4, -0.2) is 54.2 Å². The number of fused-ring (bicyclic) bond motifs is 2. The van der Waals surface area contributed by atoms with E-state index in [0.29, 0.717) is 5.82 Å².